The Balaban J connectivity index is 1.67. The second-order valence-electron chi connectivity index (χ2n) is 6.38. The number of nitrogens with zero attached hydrogens (tertiary/aromatic N) is 4. The van der Waals surface area contributed by atoms with E-state index in [2.05, 4.69) is 24.0 Å². The van der Waals surface area contributed by atoms with E-state index in [1.54, 1.807) is 13.1 Å². The summed E-state index contributed by atoms with van der Waals surface area (Å²) in [7, 11) is 1.66. The summed E-state index contributed by atoms with van der Waals surface area (Å²) in [6.45, 7) is 4.38. The second-order valence-corrected chi connectivity index (χ2v) is 7.44. The maximum Gasteiger partial charge on any atom is 0.268 e. The maximum absolute atomic E-state index is 12.4. The van der Waals surface area contributed by atoms with Gasteiger partial charge in [-0.25, -0.2) is 0 Å². The summed E-state index contributed by atoms with van der Waals surface area (Å²) in [6.07, 6.45) is 0.734. The smallest absolute Gasteiger partial charge is 0.268 e. The lowest BCUT2D eigenvalue weighted by Crippen LogP contribution is -2.31. The van der Waals surface area contributed by atoms with Crippen LogP contribution in [0.4, 0.5) is 0 Å². The van der Waals surface area contributed by atoms with Crippen LogP contribution in [0.3, 0.4) is 0 Å². The van der Waals surface area contributed by atoms with E-state index in [9.17, 15) is 9.59 Å². The first kappa shape index (κ1) is 17.3. The number of likely N-dealkylation sites (N-methyl/N-ethyl adjacent to an activating group) is 1. The standard InChI is InChI=1S/C17H20N4O3S/c1-11(2)8-14-18-15(24-19-14)9-20(3)16(22)10-21-17(23)12-6-4-5-7-13(12)25-21/h4-7,11H,8-10H2,1-3H3. The van der Waals surface area contributed by atoms with Crippen LogP contribution in [-0.2, 0) is 24.3 Å². The molecular formula is C17H20N4O3S. The molecule has 1 amide bonds. The molecule has 1 aromatic carbocycles. The third-order valence-electron chi connectivity index (χ3n) is 3.73. The molecule has 2 heterocycles. The largest absolute Gasteiger partial charge is 0.337 e. The van der Waals surface area contributed by atoms with Crippen molar-refractivity contribution in [2.24, 2.45) is 5.92 Å². The highest BCUT2D eigenvalue weighted by atomic mass is 32.1. The molecule has 0 unspecified atom stereocenters. The van der Waals surface area contributed by atoms with Crippen LogP contribution >= 0.6 is 11.5 Å². The van der Waals surface area contributed by atoms with Gasteiger partial charge < -0.3 is 9.42 Å². The molecule has 0 N–H and O–H groups in total. The van der Waals surface area contributed by atoms with Crippen LogP contribution < -0.4 is 5.56 Å². The van der Waals surface area contributed by atoms with Crippen molar-refractivity contribution in [2.45, 2.75) is 33.4 Å². The van der Waals surface area contributed by atoms with Crippen molar-refractivity contribution in [3.8, 4) is 0 Å². The third-order valence-corrected chi connectivity index (χ3v) is 4.80. The van der Waals surface area contributed by atoms with Crippen LogP contribution in [0.2, 0.25) is 0 Å². The molecule has 0 aliphatic rings. The highest BCUT2D eigenvalue weighted by molar-refractivity contribution is 7.13. The first-order valence-corrected chi connectivity index (χ1v) is 8.85. The third kappa shape index (κ3) is 3.96. The van der Waals surface area contributed by atoms with Crippen molar-refractivity contribution in [3.05, 3.63) is 46.3 Å². The monoisotopic (exact) mass is 360 g/mol. The van der Waals surface area contributed by atoms with Gasteiger partial charge >= 0.3 is 0 Å². The van der Waals surface area contributed by atoms with E-state index in [1.165, 1.54) is 20.4 Å². The lowest BCUT2D eigenvalue weighted by molar-refractivity contribution is -0.131. The van der Waals surface area contributed by atoms with Gasteiger partial charge in [0.1, 0.15) is 6.54 Å². The number of hydrogen-bond donors (Lipinski definition) is 0. The molecule has 0 fully saturated rings. The Bertz CT molecular complexity index is 941. The van der Waals surface area contributed by atoms with Crippen molar-refractivity contribution in [2.75, 3.05) is 7.05 Å². The summed E-state index contributed by atoms with van der Waals surface area (Å²) in [6, 6.07) is 7.34. The first-order valence-electron chi connectivity index (χ1n) is 8.08. The van der Waals surface area contributed by atoms with Crippen molar-refractivity contribution in [1.29, 1.82) is 0 Å². The predicted octanol–water partition coefficient (Wildman–Crippen LogP) is 2.30. The minimum atomic E-state index is -0.183. The minimum Gasteiger partial charge on any atom is -0.337 e. The van der Waals surface area contributed by atoms with Crippen LogP contribution in [0.15, 0.2) is 33.6 Å². The average molecular weight is 360 g/mol. The molecule has 0 saturated carbocycles. The summed E-state index contributed by atoms with van der Waals surface area (Å²) in [5.41, 5.74) is -0.139. The van der Waals surface area contributed by atoms with Crippen molar-refractivity contribution >= 4 is 27.5 Å². The Labute approximate surface area is 149 Å². The Morgan fingerprint density at radius 3 is 2.84 bits per heavy atom. The molecule has 0 aliphatic heterocycles. The molecule has 0 spiro atoms. The number of amides is 1. The number of hydrogen-bond acceptors (Lipinski definition) is 6. The molecule has 0 radical (unpaired) electrons. The number of carbonyl (C=O) groups is 1. The van der Waals surface area contributed by atoms with Crippen LogP contribution in [0.1, 0.15) is 25.6 Å². The number of carbonyl (C=O) groups excluding carboxylic acids is 1. The van der Waals surface area contributed by atoms with Gasteiger partial charge in [-0.3, -0.25) is 13.5 Å². The number of fused-ring (bicyclic) bond motifs is 1. The van der Waals surface area contributed by atoms with Crippen molar-refractivity contribution in [3.63, 3.8) is 0 Å². The molecule has 25 heavy (non-hydrogen) atoms. The van der Waals surface area contributed by atoms with E-state index in [1.807, 2.05) is 18.2 Å². The van der Waals surface area contributed by atoms with Gasteiger partial charge in [-0.2, -0.15) is 4.98 Å². The zero-order chi connectivity index (χ0) is 18.0. The van der Waals surface area contributed by atoms with Gasteiger partial charge in [0, 0.05) is 13.5 Å². The molecule has 7 nitrogen and oxygen atoms in total. The first-order chi connectivity index (χ1) is 11.9. The van der Waals surface area contributed by atoms with Gasteiger partial charge in [-0.05, 0) is 18.1 Å². The summed E-state index contributed by atoms with van der Waals surface area (Å²) in [4.78, 5) is 30.5. The van der Waals surface area contributed by atoms with Gasteiger partial charge in [0.05, 0.1) is 16.6 Å². The molecule has 0 aliphatic carbocycles. The Morgan fingerprint density at radius 1 is 1.36 bits per heavy atom. The lowest BCUT2D eigenvalue weighted by atomic mass is 10.1. The van der Waals surface area contributed by atoms with Gasteiger partial charge in [-0.15, -0.1) is 0 Å². The normalized spacial score (nSPS) is 11.4. The van der Waals surface area contributed by atoms with Crippen LogP contribution in [0.5, 0.6) is 0 Å². The van der Waals surface area contributed by atoms with Gasteiger partial charge in [-0.1, -0.05) is 42.7 Å². The van der Waals surface area contributed by atoms with Gasteiger partial charge in [0.2, 0.25) is 11.8 Å². The SMILES string of the molecule is CC(C)Cc1noc(CN(C)C(=O)Cn2sc3ccccc3c2=O)n1. The minimum absolute atomic E-state index is 0.00166. The number of benzene rings is 1. The van der Waals surface area contributed by atoms with E-state index in [0.29, 0.717) is 23.0 Å². The molecule has 3 rings (SSSR count). The van der Waals surface area contributed by atoms with Crippen LogP contribution in [-0.4, -0.2) is 32.0 Å². The second kappa shape index (κ2) is 7.18. The number of aromatic nitrogens is 3. The molecule has 8 heteroatoms. The summed E-state index contributed by atoms with van der Waals surface area (Å²) < 4.78 is 7.53. The predicted molar refractivity (Wildman–Crippen MR) is 95.4 cm³/mol. The lowest BCUT2D eigenvalue weighted by Gasteiger charge is -2.14. The summed E-state index contributed by atoms with van der Waals surface area (Å²) in [5, 5.41) is 4.56. The van der Waals surface area contributed by atoms with E-state index >= 15 is 0 Å². The fourth-order valence-corrected chi connectivity index (χ4v) is 3.45. The molecule has 132 valence electrons. The fourth-order valence-electron chi connectivity index (χ4n) is 2.46. The Hall–Kier alpha value is -2.48. The summed E-state index contributed by atoms with van der Waals surface area (Å²) in [5.74, 6) is 1.30. The maximum atomic E-state index is 12.4. The van der Waals surface area contributed by atoms with Crippen LogP contribution in [0, 0.1) is 5.92 Å². The van der Waals surface area contributed by atoms with E-state index in [-0.39, 0.29) is 24.6 Å². The molecule has 0 bridgehead atoms. The highest BCUT2D eigenvalue weighted by Gasteiger charge is 2.17. The molecule has 2 aromatic heterocycles. The van der Waals surface area contributed by atoms with E-state index in [4.69, 9.17) is 4.52 Å². The zero-order valence-corrected chi connectivity index (χ0v) is 15.2. The highest BCUT2D eigenvalue weighted by Crippen LogP contribution is 2.16. The topological polar surface area (TPSA) is 81.2 Å². The van der Waals surface area contributed by atoms with Crippen molar-refractivity contribution in [1.82, 2.24) is 19.0 Å². The number of rotatable bonds is 6. The van der Waals surface area contributed by atoms with Crippen molar-refractivity contribution < 1.29 is 9.32 Å². The van der Waals surface area contributed by atoms with Crippen LogP contribution in [0.25, 0.3) is 10.1 Å². The molecular weight excluding hydrogens is 340 g/mol. The summed E-state index contributed by atoms with van der Waals surface area (Å²) >= 11 is 1.29. The molecule has 0 saturated heterocycles. The van der Waals surface area contributed by atoms with E-state index < -0.39 is 0 Å². The fraction of sp³-hybridized carbons (Fsp3) is 0.412. The Kier molecular flexibility index (Phi) is 4.98. The quantitative estimate of drug-likeness (QED) is 0.674. The zero-order valence-electron chi connectivity index (χ0n) is 14.4. The molecule has 3 aromatic rings. The van der Waals surface area contributed by atoms with Gasteiger partial charge in [0.25, 0.3) is 5.56 Å². The average Bonchev–Trinajstić information content (AvgIpc) is 3.12. The molecule has 0 atom stereocenters. The Morgan fingerprint density at radius 2 is 2.12 bits per heavy atom. The van der Waals surface area contributed by atoms with E-state index in [0.717, 1.165) is 11.1 Å². The van der Waals surface area contributed by atoms with Gasteiger partial charge in [0.15, 0.2) is 5.82 Å².